The van der Waals surface area contributed by atoms with Crippen molar-refractivity contribution in [3.63, 3.8) is 0 Å². The summed E-state index contributed by atoms with van der Waals surface area (Å²) in [6.45, 7) is 8.21. The van der Waals surface area contributed by atoms with E-state index in [2.05, 4.69) is 46.4 Å². The van der Waals surface area contributed by atoms with E-state index in [1.165, 1.54) is 0 Å². The van der Waals surface area contributed by atoms with Crippen LogP contribution in [0, 0.1) is 0 Å². The van der Waals surface area contributed by atoms with Crippen LogP contribution in [0.25, 0.3) is 11.4 Å². The van der Waals surface area contributed by atoms with Crippen molar-refractivity contribution in [1.82, 2.24) is 25.0 Å². The monoisotopic (exact) mass is 288 g/mol. The van der Waals surface area contributed by atoms with Crippen molar-refractivity contribution in [2.75, 3.05) is 11.9 Å². The highest BCUT2D eigenvalue weighted by Gasteiger charge is 2.16. The van der Waals surface area contributed by atoms with Gasteiger partial charge in [-0.05, 0) is 19.3 Å². The van der Waals surface area contributed by atoms with Crippen LogP contribution in [0.5, 0.6) is 0 Å². The minimum atomic E-state index is 0.850. The van der Waals surface area contributed by atoms with Crippen molar-refractivity contribution in [1.29, 1.82) is 0 Å². The molecule has 0 aromatic carbocycles. The molecule has 2 aromatic rings. The topological polar surface area (TPSA) is 68.5 Å². The smallest absolute Gasteiger partial charge is 0.133 e. The van der Waals surface area contributed by atoms with Gasteiger partial charge in [0.05, 0.1) is 11.9 Å². The Labute approximate surface area is 126 Å². The number of rotatable bonds is 8. The van der Waals surface area contributed by atoms with Crippen LogP contribution < -0.4 is 5.32 Å². The van der Waals surface area contributed by atoms with Crippen LogP contribution in [-0.4, -0.2) is 31.5 Å². The van der Waals surface area contributed by atoms with Gasteiger partial charge in [0, 0.05) is 18.7 Å². The van der Waals surface area contributed by atoms with Gasteiger partial charge in [0.15, 0.2) is 0 Å². The Morgan fingerprint density at radius 2 is 1.95 bits per heavy atom. The van der Waals surface area contributed by atoms with Gasteiger partial charge in [0.2, 0.25) is 0 Å². The number of nitrogens with one attached hydrogen (secondary N) is 1. The average molecular weight is 288 g/mol. The molecule has 2 heterocycles. The zero-order chi connectivity index (χ0) is 15.1. The highest BCUT2D eigenvalue weighted by Crippen LogP contribution is 2.26. The highest BCUT2D eigenvalue weighted by molar-refractivity contribution is 5.65. The lowest BCUT2D eigenvalue weighted by Crippen LogP contribution is -2.10. The van der Waals surface area contributed by atoms with Crippen LogP contribution in [0.1, 0.15) is 45.6 Å². The predicted octanol–water partition coefficient (Wildman–Crippen LogP) is 2.92. The number of nitrogens with zero attached hydrogens (tertiary/aromatic N) is 5. The molecule has 0 spiro atoms. The van der Waals surface area contributed by atoms with E-state index >= 15 is 0 Å². The standard InChI is InChI=1S/C15H24N6/c1-4-7-12-14(13-10-19-20-21(13)9-6-3)17-11-18-15(12)16-8-5-2/h10-11H,4-9H2,1-3H3,(H,16,17,18). The molecule has 6 nitrogen and oxygen atoms in total. The summed E-state index contributed by atoms with van der Waals surface area (Å²) < 4.78 is 1.92. The summed E-state index contributed by atoms with van der Waals surface area (Å²) in [4.78, 5) is 8.91. The zero-order valence-corrected chi connectivity index (χ0v) is 13.1. The molecule has 0 bridgehead atoms. The molecule has 0 fully saturated rings. The molecule has 0 radical (unpaired) electrons. The lowest BCUT2D eigenvalue weighted by molar-refractivity contribution is 0.583. The minimum absolute atomic E-state index is 0.850. The Balaban J connectivity index is 2.43. The quantitative estimate of drug-likeness (QED) is 0.809. The summed E-state index contributed by atoms with van der Waals surface area (Å²) in [6.07, 6.45) is 7.50. The van der Waals surface area contributed by atoms with Gasteiger partial charge in [0.1, 0.15) is 17.8 Å². The van der Waals surface area contributed by atoms with Crippen molar-refractivity contribution in [3.05, 3.63) is 18.1 Å². The molecule has 0 aliphatic heterocycles. The normalized spacial score (nSPS) is 10.8. The molecule has 0 aliphatic rings. The number of aryl methyl sites for hydroxylation is 1. The van der Waals surface area contributed by atoms with Gasteiger partial charge >= 0.3 is 0 Å². The molecular formula is C15H24N6. The number of anilines is 1. The summed E-state index contributed by atoms with van der Waals surface area (Å²) >= 11 is 0. The van der Waals surface area contributed by atoms with Crippen LogP contribution in [0.15, 0.2) is 12.5 Å². The van der Waals surface area contributed by atoms with E-state index in [0.717, 1.165) is 61.5 Å². The zero-order valence-electron chi connectivity index (χ0n) is 13.1. The van der Waals surface area contributed by atoms with Crippen molar-refractivity contribution in [2.45, 2.75) is 53.0 Å². The molecule has 0 amide bonds. The maximum absolute atomic E-state index is 4.50. The average Bonchev–Trinajstić information content (AvgIpc) is 2.95. The largest absolute Gasteiger partial charge is 0.370 e. The Morgan fingerprint density at radius 1 is 1.10 bits per heavy atom. The summed E-state index contributed by atoms with van der Waals surface area (Å²) in [5.74, 6) is 0.938. The summed E-state index contributed by atoms with van der Waals surface area (Å²) in [5, 5.41) is 11.6. The molecule has 114 valence electrons. The lowest BCUT2D eigenvalue weighted by Gasteiger charge is -2.14. The molecule has 2 rings (SSSR count). The van der Waals surface area contributed by atoms with E-state index in [-0.39, 0.29) is 0 Å². The maximum Gasteiger partial charge on any atom is 0.133 e. The van der Waals surface area contributed by atoms with Crippen molar-refractivity contribution < 1.29 is 0 Å². The first kappa shape index (κ1) is 15.4. The van der Waals surface area contributed by atoms with Gasteiger partial charge in [-0.15, -0.1) is 5.10 Å². The Hall–Kier alpha value is -1.98. The molecule has 0 saturated carbocycles. The highest BCUT2D eigenvalue weighted by atomic mass is 15.4. The Kier molecular flexibility index (Phi) is 5.66. The fraction of sp³-hybridized carbons (Fsp3) is 0.600. The summed E-state index contributed by atoms with van der Waals surface area (Å²) in [7, 11) is 0. The fourth-order valence-corrected chi connectivity index (χ4v) is 2.33. The summed E-state index contributed by atoms with van der Waals surface area (Å²) in [5.41, 5.74) is 3.08. The molecule has 21 heavy (non-hydrogen) atoms. The van der Waals surface area contributed by atoms with E-state index in [1.54, 1.807) is 12.5 Å². The Morgan fingerprint density at radius 3 is 2.67 bits per heavy atom. The van der Waals surface area contributed by atoms with Crippen LogP contribution in [0.4, 0.5) is 5.82 Å². The van der Waals surface area contributed by atoms with E-state index in [9.17, 15) is 0 Å². The molecule has 2 aromatic heterocycles. The molecule has 1 N–H and O–H groups in total. The minimum Gasteiger partial charge on any atom is -0.370 e. The van der Waals surface area contributed by atoms with Crippen LogP contribution in [0.2, 0.25) is 0 Å². The third kappa shape index (κ3) is 3.56. The number of hydrogen-bond acceptors (Lipinski definition) is 5. The van der Waals surface area contributed by atoms with Gasteiger partial charge in [-0.2, -0.15) is 0 Å². The van der Waals surface area contributed by atoms with E-state index in [0.29, 0.717) is 0 Å². The molecule has 0 atom stereocenters. The SMILES string of the molecule is CCCNc1ncnc(-c2cnnn2CCC)c1CCC. The van der Waals surface area contributed by atoms with Gasteiger partial charge < -0.3 is 5.32 Å². The number of aromatic nitrogens is 5. The Bertz CT molecular complexity index is 563. The van der Waals surface area contributed by atoms with Crippen molar-refractivity contribution in [2.24, 2.45) is 0 Å². The lowest BCUT2D eigenvalue weighted by atomic mass is 10.1. The van der Waals surface area contributed by atoms with Crippen LogP contribution in [-0.2, 0) is 13.0 Å². The first-order valence-corrected chi connectivity index (χ1v) is 7.78. The molecule has 0 saturated heterocycles. The second kappa shape index (κ2) is 7.71. The third-order valence-electron chi connectivity index (χ3n) is 3.28. The maximum atomic E-state index is 4.50. The van der Waals surface area contributed by atoms with Gasteiger partial charge in [-0.1, -0.05) is 32.4 Å². The molecule has 6 heteroatoms. The second-order valence-corrected chi connectivity index (χ2v) is 5.07. The molecule has 0 aliphatic carbocycles. The van der Waals surface area contributed by atoms with Crippen molar-refractivity contribution in [3.8, 4) is 11.4 Å². The second-order valence-electron chi connectivity index (χ2n) is 5.07. The van der Waals surface area contributed by atoms with Crippen molar-refractivity contribution >= 4 is 5.82 Å². The first-order valence-electron chi connectivity index (χ1n) is 7.78. The van der Waals surface area contributed by atoms with E-state index in [1.807, 2.05) is 4.68 Å². The molecule has 0 unspecified atom stereocenters. The number of hydrogen-bond donors (Lipinski definition) is 1. The van der Waals surface area contributed by atoms with Gasteiger partial charge in [0.25, 0.3) is 0 Å². The fourth-order valence-electron chi connectivity index (χ4n) is 2.33. The van der Waals surface area contributed by atoms with Gasteiger partial charge in [-0.25, -0.2) is 14.6 Å². The van der Waals surface area contributed by atoms with Gasteiger partial charge in [-0.3, -0.25) is 0 Å². The van der Waals surface area contributed by atoms with E-state index < -0.39 is 0 Å². The molecular weight excluding hydrogens is 264 g/mol. The van der Waals surface area contributed by atoms with Crippen LogP contribution >= 0.6 is 0 Å². The first-order chi connectivity index (χ1) is 10.3. The predicted molar refractivity (Wildman–Crippen MR) is 84.1 cm³/mol. The third-order valence-corrected chi connectivity index (χ3v) is 3.28. The van der Waals surface area contributed by atoms with Crippen LogP contribution in [0.3, 0.4) is 0 Å². The van der Waals surface area contributed by atoms with E-state index in [4.69, 9.17) is 0 Å². The summed E-state index contributed by atoms with van der Waals surface area (Å²) in [6, 6.07) is 0.